The smallest absolute Gasteiger partial charge is 0.410 e. The molecule has 2 heterocycles. The molecule has 5 heteroatoms. The summed E-state index contributed by atoms with van der Waals surface area (Å²) in [4.78, 5) is 14.3. The number of nitrogens with zero attached hydrogens (tertiary/aromatic N) is 1. The van der Waals surface area contributed by atoms with E-state index in [4.69, 9.17) is 9.84 Å². The fourth-order valence-corrected chi connectivity index (χ4v) is 3.58. The summed E-state index contributed by atoms with van der Waals surface area (Å²) in [5.74, 6) is 0.639. The second-order valence-electron chi connectivity index (χ2n) is 7.39. The van der Waals surface area contributed by atoms with Gasteiger partial charge in [-0.1, -0.05) is 0 Å². The van der Waals surface area contributed by atoms with Crippen molar-refractivity contribution in [2.24, 2.45) is 5.92 Å². The van der Waals surface area contributed by atoms with Crippen LogP contribution in [-0.4, -0.2) is 53.5 Å². The van der Waals surface area contributed by atoms with Gasteiger partial charge < -0.3 is 20.1 Å². The molecule has 5 nitrogen and oxygen atoms in total. The van der Waals surface area contributed by atoms with Gasteiger partial charge in [0, 0.05) is 18.7 Å². The van der Waals surface area contributed by atoms with Crippen molar-refractivity contribution in [1.29, 1.82) is 0 Å². The molecule has 0 aromatic rings. The maximum Gasteiger partial charge on any atom is 0.410 e. The van der Waals surface area contributed by atoms with Gasteiger partial charge in [-0.2, -0.15) is 0 Å². The number of piperidine rings is 1. The van der Waals surface area contributed by atoms with Crippen molar-refractivity contribution in [3.8, 4) is 0 Å². The van der Waals surface area contributed by atoms with Gasteiger partial charge in [0.25, 0.3) is 0 Å². The predicted molar refractivity (Wildman–Crippen MR) is 82.2 cm³/mol. The first-order chi connectivity index (χ1) is 9.90. The molecule has 0 aromatic carbocycles. The van der Waals surface area contributed by atoms with Crippen LogP contribution in [0.3, 0.4) is 0 Å². The van der Waals surface area contributed by atoms with E-state index in [1.807, 2.05) is 25.7 Å². The van der Waals surface area contributed by atoms with Crippen LogP contribution in [0.2, 0.25) is 0 Å². The molecule has 2 unspecified atom stereocenters. The molecule has 2 saturated heterocycles. The average molecular weight is 298 g/mol. The molecule has 2 aliphatic rings. The van der Waals surface area contributed by atoms with Crippen molar-refractivity contribution >= 4 is 6.09 Å². The molecule has 2 rings (SSSR count). The number of amides is 1. The molecular formula is C16H30N2O3. The zero-order valence-electron chi connectivity index (χ0n) is 13.6. The van der Waals surface area contributed by atoms with E-state index in [0.29, 0.717) is 18.0 Å². The van der Waals surface area contributed by atoms with E-state index in [2.05, 4.69) is 5.32 Å². The van der Waals surface area contributed by atoms with E-state index >= 15 is 0 Å². The Morgan fingerprint density at radius 3 is 2.43 bits per heavy atom. The first-order valence-corrected chi connectivity index (χ1v) is 8.23. The van der Waals surface area contributed by atoms with Gasteiger partial charge in [0.2, 0.25) is 0 Å². The summed E-state index contributed by atoms with van der Waals surface area (Å²) >= 11 is 0. The van der Waals surface area contributed by atoms with Gasteiger partial charge in [0.05, 0.1) is 0 Å². The van der Waals surface area contributed by atoms with Gasteiger partial charge in [-0.05, 0) is 71.9 Å². The predicted octanol–water partition coefficient (Wildman–Crippen LogP) is 2.14. The number of aliphatic hydroxyl groups excluding tert-OH is 1. The zero-order valence-corrected chi connectivity index (χ0v) is 13.6. The SMILES string of the molecule is CC(C)(C)OC(=O)N1C2CCC1CC(CNCCCO)C2. The van der Waals surface area contributed by atoms with Gasteiger partial charge in [-0.3, -0.25) is 0 Å². The van der Waals surface area contributed by atoms with Crippen molar-refractivity contribution in [2.75, 3.05) is 19.7 Å². The molecule has 2 N–H and O–H groups in total. The highest BCUT2D eigenvalue weighted by Gasteiger charge is 2.44. The number of rotatable bonds is 5. The molecule has 2 bridgehead atoms. The molecule has 0 radical (unpaired) electrons. The second kappa shape index (κ2) is 6.97. The number of fused-ring (bicyclic) bond motifs is 2. The maximum absolute atomic E-state index is 12.3. The van der Waals surface area contributed by atoms with Crippen LogP contribution in [0.15, 0.2) is 0 Å². The second-order valence-corrected chi connectivity index (χ2v) is 7.39. The summed E-state index contributed by atoms with van der Waals surface area (Å²) in [6, 6.07) is 0.700. The van der Waals surface area contributed by atoms with Crippen LogP contribution in [0.4, 0.5) is 4.79 Å². The van der Waals surface area contributed by atoms with Crippen LogP contribution in [0.1, 0.15) is 52.9 Å². The molecule has 122 valence electrons. The van der Waals surface area contributed by atoms with E-state index in [0.717, 1.165) is 45.2 Å². The summed E-state index contributed by atoms with van der Waals surface area (Å²) in [6.45, 7) is 7.88. The minimum atomic E-state index is -0.417. The van der Waals surface area contributed by atoms with Crippen LogP contribution >= 0.6 is 0 Å². The maximum atomic E-state index is 12.3. The molecule has 0 saturated carbocycles. The monoisotopic (exact) mass is 298 g/mol. The highest BCUT2D eigenvalue weighted by molar-refractivity contribution is 5.69. The van der Waals surface area contributed by atoms with Crippen LogP contribution in [0.5, 0.6) is 0 Å². The van der Waals surface area contributed by atoms with Gasteiger partial charge in [-0.15, -0.1) is 0 Å². The number of carbonyl (C=O) groups excluding carboxylic acids is 1. The summed E-state index contributed by atoms with van der Waals surface area (Å²) in [7, 11) is 0. The Kier molecular flexibility index (Phi) is 5.49. The number of nitrogens with one attached hydrogen (secondary N) is 1. The fraction of sp³-hybridized carbons (Fsp3) is 0.938. The van der Waals surface area contributed by atoms with E-state index in [9.17, 15) is 4.79 Å². The third kappa shape index (κ3) is 4.58. The van der Waals surface area contributed by atoms with Gasteiger partial charge >= 0.3 is 6.09 Å². The third-order valence-corrected chi connectivity index (χ3v) is 4.38. The Labute approximate surface area is 128 Å². The topological polar surface area (TPSA) is 61.8 Å². The van der Waals surface area contributed by atoms with Crippen LogP contribution in [0.25, 0.3) is 0 Å². The lowest BCUT2D eigenvalue weighted by molar-refractivity contribution is 0.00216. The van der Waals surface area contributed by atoms with E-state index in [1.165, 1.54) is 0 Å². The van der Waals surface area contributed by atoms with Crippen LogP contribution in [-0.2, 0) is 4.74 Å². The van der Waals surface area contributed by atoms with E-state index < -0.39 is 5.60 Å². The molecule has 0 spiro atoms. The largest absolute Gasteiger partial charge is 0.444 e. The zero-order chi connectivity index (χ0) is 15.5. The van der Waals surface area contributed by atoms with Crippen LogP contribution in [0, 0.1) is 5.92 Å². The van der Waals surface area contributed by atoms with Crippen molar-refractivity contribution in [3.05, 3.63) is 0 Å². The Balaban J connectivity index is 1.83. The molecular weight excluding hydrogens is 268 g/mol. The minimum Gasteiger partial charge on any atom is -0.444 e. The first-order valence-electron chi connectivity index (χ1n) is 8.23. The lowest BCUT2D eigenvalue weighted by Crippen LogP contribution is -2.49. The molecule has 21 heavy (non-hydrogen) atoms. The average Bonchev–Trinajstić information content (AvgIpc) is 2.65. The molecule has 0 aliphatic carbocycles. The molecule has 2 atom stereocenters. The Morgan fingerprint density at radius 2 is 1.90 bits per heavy atom. The van der Waals surface area contributed by atoms with E-state index in [1.54, 1.807) is 0 Å². The third-order valence-electron chi connectivity index (χ3n) is 4.38. The summed E-state index contributed by atoms with van der Waals surface area (Å²) in [5, 5.41) is 12.2. The first kappa shape index (κ1) is 16.6. The Morgan fingerprint density at radius 1 is 1.29 bits per heavy atom. The number of ether oxygens (including phenoxy) is 1. The highest BCUT2D eigenvalue weighted by atomic mass is 16.6. The quantitative estimate of drug-likeness (QED) is 0.763. The Bertz CT molecular complexity index is 340. The molecule has 1 amide bonds. The number of hydrogen-bond donors (Lipinski definition) is 2. The lowest BCUT2D eigenvalue weighted by Gasteiger charge is -2.39. The summed E-state index contributed by atoms with van der Waals surface area (Å²) in [5.41, 5.74) is -0.417. The Hall–Kier alpha value is -0.810. The van der Waals surface area contributed by atoms with Gasteiger partial charge in [0.15, 0.2) is 0 Å². The molecule has 2 fully saturated rings. The lowest BCUT2D eigenvalue weighted by atomic mass is 9.91. The minimum absolute atomic E-state index is 0.137. The van der Waals surface area contributed by atoms with E-state index in [-0.39, 0.29) is 12.7 Å². The fourth-order valence-electron chi connectivity index (χ4n) is 3.58. The number of aliphatic hydroxyl groups is 1. The summed E-state index contributed by atoms with van der Waals surface area (Å²) < 4.78 is 5.55. The van der Waals surface area contributed by atoms with Crippen molar-refractivity contribution in [3.63, 3.8) is 0 Å². The summed E-state index contributed by atoms with van der Waals surface area (Å²) in [6.07, 6.45) is 5.03. The van der Waals surface area contributed by atoms with Crippen molar-refractivity contribution in [2.45, 2.75) is 70.6 Å². The standard InChI is InChI=1S/C16H30N2O3/c1-16(2,3)21-15(20)18-13-5-6-14(18)10-12(9-13)11-17-7-4-8-19/h12-14,17,19H,4-11H2,1-3H3. The van der Waals surface area contributed by atoms with Crippen molar-refractivity contribution < 1.29 is 14.6 Å². The number of hydrogen-bond acceptors (Lipinski definition) is 4. The normalized spacial score (nSPS) is 28.8. The molecule has 2 aliphatic heterocycles. The highest BCUT2D eigenvalue weighted by Crippen LogP contribution is 2.39. The van der Waals surface area contributed by atoms with Crippen LogP contribution < -0.4 is 5.32 Å². The van der Waals surface area contributed by atoms with Gasteiger partial charge in [-0.25, -0.2) is 4.79 Å². The van der Waals surface area contributed by atoms with Crippen molar-refractivity contribution in [1.82, 2.24) is 10.2 Å². The molecule has 0 aromatic heterocycles. The number of carbonyl (C=O) groups is 1. The van der Waals surface area contributed by atoms with Gasteiger partial charge in [0.1, 0.15) is 5.60 Å².